The molecular weight excluding hydrogens is 304 g/mol. The first-order chi connectivity index (χ1) is 10.4. The van der Waals surface area contributed by atoms with Gasteiger partial charge in [-0.3, -0.25) is 0 Å². The Morgan fingerprint density at radius 1 is 1.45 bits per heavy atom. The number of nitrogen functional groups attached to an aromatic ring is 1. The highest BCUT2D eigenvalue weighted by Gasteiger charge is 2.23. The number of esters is 1. The number of aromatic nitrogens is 1. The van der Waals surface area contributed by atoms with E-state index in [1.807, 2.05) is 31.1 Å². The van der Waals surface area contributed by atoms with Gasteiger partial charge in [0.15, 0.2) is 5.69 Å². The van der Waals surface area contributed by atoms with Gasteiger partial charge >= 0.3 is 5.97 Å². The molecule has 0 spiro atoms. The topological polar surface area (TPSA) is 84.3 Å². The monoisotopic (exact) mass is 318 g/mol. The van der Waals surface area contributed by atoms with Gasteiger partial charge in [0, 0.05) is 25.3 Å². The van der Waals surface area contributed by atoms with E-state index >= 15 is 0 Å². The highest BCUT2D eigenvalue weighted by Crippen LogP contribution is 2.31. The van der Waals surface area contributed by atoms with Crippen molar-refractivity contribution in [2.45, 2.75) is 0 Å². The van der Waals surface area contributed by atoms with Crippen LogP contribution in [0.25, 0.3) is 5.69 Å². The van der Waals surface area contributed by atoms with E-state index in [9.17, 15) is 4.79 Å². The average molecular weight is 319 g/mol. The maximum absolute atomic E-state index is 12.0. The van der Waals surface area contributed by atoms with Crippen molar-refractivity contribution < 1.29 is 9.53 Å². The second-order valence-corrected chi connectivity index (χ2v) is 5.24. The van der Waals surface area contributed by atoms with Gasteiger partial charge < -0.3 is 19.9 Å². The van der Waals surface area contributed by atoms with Crippen LogP contribution in [0.3, 0.4) is 0 Å². The van der Waals surface area contributed by atoms with Gasteiger partial charge in [0.1, 0.15) is 6.07 Å². The zero-order chi connectivity index (χ0) is 16.4. The van der Waals surface area contributed by atoms with E-state index in [0.717, 1.165) is 5.69 Å². The number of ether oxygens (including phenoxy) is 1. The predicted molar refractivity (Wildman–Crippen MR) is 85.6 cm³/mol. The molecule has 0 bridgehead atoms. The first kappa shape index (κ1) is 15.7. The predicted octanol–water partition coefficient (Wildman–Crippen LogP) is 2.44. The van der Waals surface area contributed by atoms with E-state index in [2.05, 4.69) is 0 Å². The molecule has 0 unspecified atom stereocenters. The lowest BCUT2D eigenvalue weighted by molar-refractivity contribution is 0.0593. The zero-order valence-corrected chi connectivity index (χ0v) is 13.2. The number of hydrogen-bond donors (Lipinski definition) is 1. The average Bonchev–Trinajstić information content (AvgIpc) is 2.82. The molecule has 6 nitrogen and oxygen atoms in total. The number of methoxy groups -OCH3 is 1. The van der Waals surface area contributed by atoms with Crippen LogP contribution in [0.2, 0.25) is 5.02 Å². The van der Waals surface area contributed by atoms with Gasteiger partial charge in [0.05, 0.1) is 29.7 Å². The van der Waals surface area contributed by atoms with E-state index in [1.165, 1.54) is 17.9 Å². The van der Waals surface area contributed by atoms with Gasteiger partial charge in [0.25, 0.3) is 0 Å². The van der Waals surface area contributed by atoms with Crippen molar-refractivity contribution in [2.24, 2.45) is 0 Å². The number of hydrogen-bond acceptors (Lipinski definition) is 5. The summed E-state index contributed by atoms with van der Waals surface area (Å²) in [6.07, 6.45) is 1.50. The molecule has 0 atom stereocenters. The van der Waals surface area contributed by atoms with Crippen LogP contribution >= 0.6 is 11.6 Å². The molecule has 114 valence electrons. The van der Waals surface area contributed by atoms with Gasteiger partial charge in [0.2, 0.25) is 0 Å². The fraction of sp³-hybridized carbons (Fsp3) is 0.200. The minimum Gasteiger partial charge on any atom is -0.464 e. The largest absolute Gasteiger partial charge is 0.464 e. The zero-order valence-electron chi connectivity index (χ0n) is 12.4. The van der Waals surface area contributed by atoms with Crippen LogP contribution < -0.4 is 10.6 Å². The molecule has 0 fully saturated rings. The molecule has 0 amide bonds. The Hall–Kier alpha value is -2.65. The van der Waals surface area contributed by atoms with E-state index in [-0.39, 0.29) is 16.9 Å². The molecule has 0 aliphatic carbocycles. The molecule has 2 rings (SSSR count). The number of rotatable bonds is 3. The van der Waals surface area contributed by atoms with E-state index < -0.39 is 5.97 Å². The SMILES string of the molecule is COC(=O)c1c(N)c(C#N)cn1-c1cc(Cl)ccc1N(C)C. The summed E-state index contributed by atoms with van der Waals surface area (Å²) < 4.78 is 6.30. The number of carbonyl (C=O) groups is 1. The normalized spacial score (nSPS) is 10.1. The number of halogens is 1. The lowest BCUT2D eigenvalue weighted by Crippen LogP contribution is -2.15. The van der Waals surface area contributed by atoms with Crippen LogP contribution in [-0.2, 0) is 4.74 Å². The fourth-order valence-electron chi connectivity index (χ4n) is 2.17. The summed E-state index contributed by atoms with van der Waals surface area (Å²) in [5.74, 6) is -0.622. The first-order valence-corrected chi connectivity index (χ1v) is 6.75. The molecule has 1 aromatic carbocycles. The lowest BCUT2D eigenvalue weighted by atomic mass is 10.2. The van der Waals surface area contributed by atoms with Gasteiger partial charge in [-0.25, -0.2) is 4.79 Å². The van der Waals surface area contributed by atoms with Crippen LogP contribution in [0, 0.1) is 11.3 Å². The van der Waals surface area contributed by atoms with Crippen molar-refractivity contribution in [3.05, 3.63) is 40.7 Å². The molecule has 1 aromatic heterocycles. The van der Waals surface area contributed by atoms with Crippen molar-refractivity contribution >= 4 is 28.9 Å². The Labute approximate surface area is 133 Å². The molecule has 7 heteroatoms. The lowest BCUT2D eigenvalue weighted by Gasteiger charge is -2.19. The third-order valence-corrected chi connectivity index (χ3v) is 3.46. The van der Waals surface area contributed by atoms with E-state index in [0.29, 0.717) is 10.7 Å². The first-order valence-electron chi connectivity index (χ1n) is 6.37. The Kier molecular flexibility index (Phi) is 4.29. The standard InChI is InChI=1S/C15H15ClN4O2/c1-19(2)11-5-4-10(16)6-12(11)20-8-9(7-17)13(18)14(20)15(21)22-3/h4-6,8H,18H2,1-3H3. The fourth-order valence-corrected chi connectivity index (χ4v) is 2.34. The summed E-state index contributed by atoms with van der Waals surface area (Å²) in [6, 6.07) is 7.23. The number of nitrogens with two attached hydrogens (primary N) is 1. The van der Waals surface area contributed by atoms with Gasteiger partial charge in [-0.2, -0.15) is 5.26 Å². The van der Waals surface area contributed by atoms with Crippen LogP contribution in [0.15, 0.2) is 24.4 Å². The van der Waals surface area contributed by atoms with Crippen molar-refractivity contribution in [1.82, 2.24) is 4.57 Å². The second-order valence-electron chi connectivity index (χ2n) is 4.81. The molecule has 0 aliphatic rings. The maximum atomic E-state index is 12.0. The number of benzene rings is 1. The third-order valence-electron chi connectivity index (χ3n) is 3.22. The van der Waals surface area contributed by atoms with Crippen molar-refractivity contribution in [1.29, 1.82) is 5.26 Å². The summed E-state index contributed by atoms with van der Waals surface area (Å²) in [7, 11) is 4.99. The van der Waals surface area contributed by atoms with E-state index in [1.54, 1.807) is 12.1 Å². The summed E-state index contributed by atoms with van der Waals surface area (Å²) in [4.78, 5) is 13.9. The van der Waals surface area contributed by atoms with Gasteiger partial charge in [-0.05, 0) is 18.2 Å². The van der Waals surface area contributed by atoms with Crippen LogP contribution in [0.4, 0.5) is 11.4 Å². The molecule has 0 saturated heterocycles. The quantitative estimate of drug-likeness (QED) is 0.879. The minimum absolute atomic E-state index is 0.0824. The molecule has 0 radical (unpaired) electrons. The van der Waals surface area contributed by atoms with E-state index in [4.69, 9.17) is 27.3 Å². The second kappa shape index (κ2) is 6.00. The highest BCUT2D eigenvalue weighted by atomic mass is 35.5. The Morgan fingerprint density at radius 3 is 2.68 bits per heavy atom. The number of nitriles is 1. The Bertz CT molecular complexity index is 775. The molecule has 0 saturated carbocycles. The summed E-state index contributed by atoms with van der Waals surface area (Å²) in [6.45, 7) is 0. The minimum atomic E-state index is -0.622. The van der Waals surface area contributed by atoms with Crippen LogP contribution in [0.5, 0.6) is 0 Å². The smallest absolute Gasteiger partial charge is 0.357 e. The summed E-state index contributed by atoms with van der Waals surface area (Å²) in [5.41, 5.74) is 7.73. The van der Waals surface area contributed by atoms with Crippen LogP contribution in [-0.4, -0.2) is 31.7 Å². The van der Waals surface area contributed by atoms with Crippen molar-refractivity contribution in [3.63, 3.8) is 0 Å². The van der Waals surface area contributed by atoms with Crippen LogP contribution in [0.1, 0.15) is 16.1 Å². The summed E-state index contributed by atoms with van der Waals surface area (Å²) >= 11 is 6.07. The molecule has 0 aliphatic heterocycles. The van der Waals surface area contributed by atoms with Gasteiger partial charge in [-0.15, -0.1) is 0 Å². The van der Waals surface area contributed by atoms with Crippen molar-refractivity contribution in [2.75, 3.05) is 31.8 Å². The molecule has 22 heavy (non-hydrogen) atoms. The molecule has 2 aromatic rings. The molecule has 1 heterocycles. The maximum Gasteiger partial charge on any atom is 0.357 e. The number of anilines is 2. The third kappa shape index (κ3) is 2.59. The Morgan fingerprint density at radius 2 is 2.14 bits per heavy atom. The van der Waals surface area contributed by atoms with Crippen molar-refractivity contribution in [3.8, 4) is 11.8 Å². The Balaban J connectivity index is 2.81. The summed E-state index contributed by atoms with van der Waals surface area (Å²) in [5, 5.41) is 9.66. The number of carbonyl (C=O) groups excluding carboxylic acids is 1. The number of nitrogens with zero attached hydrogens (tertiary/aromatic N) is 3. The van der Waals surface area contributed by atoms with Gasteiger partial charge in [-0.1, -0.05) is 11.6 Å². The molecule has 2 N–H and O–H groups in total. The molecular formula is C15H15ClN4O2. The highest BCUT2D eigenvalue weighted by molar-refractivity contribution is 6.30.